The van der Waals surface area contributed by atoms with Crippen LogP contribution in [0.15, 0.2) is 34.9 Å². The Morgan fingerprint density at radius 2 is 2.06 bits per heavy atom. The summed E-state index contributed by atoms with van der Waals surface area (Å²) in [7, 11) is 0. The molecule has 1 heterocycles. The number of hydrogen-bond acceptors (Lipinski definition) is 4. The summed E-state index contributed by atoms with van der Waals surface area (Å²) in [6.07, 6.45) is 1.10. The third kappa shape index (κ3) is 2.67. The van der Waals surface area contributed by atoms with Gasteiger partial charge in [0.1, 0.15) is 0 Å². The van der Waals surface area contributed by atoms with E-state index >= 15 is 0 Å². The lowest BCUT2D eigenvalue weighted by atomic mass is 10.2. The zero-order valence-electron chi connectivity index (χ0n) is 9.31. The van der Waals surface area contributed by atoms with Crippen molar-refractivity contribution in [1.82, 2.24) is 15.5 Å². The minimum atomic E-state index is 0.632. The van der Waals surface area contributed by atoms with Gasteiger partial charge in [-0.1, -0.05) is 42.4 Å². The van der Waals surface area contributed by atoms with Crippen molar-refractivity contribution in [2.45, 2.75) is 19.9 Å². The lowest BCUT2D eigenvalue weighted by Crippen LogP contribution is -2.13. The molecule has 0 amide bonds. The Labute approximate surface area is 94.7 Å². The number of rotatable bonds is 5. The highest BCUT2D eigenvalue weighted by atomic mass is 16.5. The molecular weight excluding hydrogens is 202 g/mol. The van der Waals surface area contributed by atoms with Gasteiger partial charge >= 0.3 is 0 Å². The van der Waals surface area contributed by atoms with Gasteiger partial charge in [-0.05, 0) is 13.0 Å². The molecule has 4 nitrogen and oxygen atoms in total. The molecule has 0 bridgehead atoms. The van der Waals surface area contributed by atoms with E-state index in [2.05, 4.69) is 22.4 Å². The highest BCUT2D eigenvalue weighted by molar-refractivity contribution is 5.53. The molecule has 84 valence electrons. The summed E-state index contributed by atoms with van der Waals surface area (Å²) in [5.74, 6) is 1.28. The molecule has 0 saturated heterocycles. The summed E-state index contributed by atoms with van der Waals surface area (Å²) >= 11 is 0. The molecule has 1 N–H and O–H groups in total. The van der Waals surface area contributed by atoms with Crippen LogP contribution in [-0.4, -0.2) is 16.7 Å². The zero-order valence-corrected chi connectivity index (χ0v) is 9.31. The second-order valence-corrected chi connectivity index (χ2v) is 3.55. The third-order valence-electron chi connectivity index (χ3n) is 2.20. The monoisotopic (exact) mass is 217 g/mol. The van der Waals surface area contributed by atoms with Gasteiger partial charge in [0.2, 0.25) is 11.7 Å². The maximum Gasteiger partial charge on any atom is 0.240 e. The quantitative estimate of drug-likeness (QED) is 0.780. The number of benzene rings is 1. The molecule has 2 rings (SSSR count). The van der Waals surface area contributed by atoms with E-state index in [1.807, 2.05) is 30.3 Å². The lowest BCUT2D eigenvalue weighted by molar-refractivity contribution is 0.368. The van der Waals surface area contributed by atoms with E-state index in [1.54, 1.807) is 0 Å². The van der Waals surface area contributed by atoms with Crippen LogP contribution in [-0.2, 0) is 6.54 Å². The van der Waals surface area contributed by atoms with Gasteiger partial charge in [0, 0.05) is 5.56 Å². The number of nitrogens with zero attached hydrogens (tertiary/aromatic N) is 2. The van der Waals surface area contributed by atoms with Gasteiger partial charge in [0.15, 0.2) is 0 Å². The van der Waals surface area contributed by atoms with Crippen LogP contribution >= 0.6 is 0 Å². The van der Waals surface area contributed by atoms with E-state index in [0.29, 0.717) is 18.3 Å². The first-order valence-corrected chi connectivity index (χ1v) is 5.49. The predicted molar refractivity (Wildman–Crippen MR) is 61.7 cm³/mol. The highest BCUT2D eigenvalue weighted by Gasteiger charge is 2.06. The van der Waals surface area contributed by atoms with Crippen molar-refractivity contribution in [3.63, 3.8) is 0 Å². The summed E-state index contributed by atoms with van der Waals surface area (Å²) in [4.78, 5) is 4.31. The maximum atomic E-state index is 5.14. The molecule has 0 aliphatic heterocycles. The van der Waals surface area contributed by atoms with E-state index in [4.69, 9.17) is 4.52 Å². The van der Waals surface area contributed by atoms with Gasteiger partial charge in [0.25, 0.3) is 0 Å². The number of hydrogen-bond donors (Lipinski definition) is 1. The standard InChI is InChI=1S/C12H15N3O/c1-2-8-13-9-11-14-12(15-16-11)10-6-4-3-5-7-10/h3-7,13H,2,8-9H2,1H3. The third-order valence-corrected chi connectivity index (χ3v) is 2.20. The Morgan fingerprint density at radius 1 is 1.25 bits per heavy atom. The van der Waals surface area contributed by atoms with Crippen LogP contribution in [0.5, 0.6) is 0 Å². The van der Waals surface area contributed by atoms with E-state index in [9.17, 15) is 0 Å². The topological polar surface area (TPSA) is 51.0 Å². The van der Waals surface area contributed by atoms with Gasteiger partial charge in [-0.3, -0.25) is 0 Å². The molecular formula is C12H15N3O. The fraction of sp³-hybridized carbons (Fsp3) is 0.333. The van der Waals surface area contributed by atoms with Gasteiger partial charge in [-0.15, -0.1) is 0 Å². The minimum Gasteiger partial charge on any atom is -0.338 e. The molecule has 1 aromatic heterocycles. The number of aromatic nitrogens is 2. The van der Waals surface area contributed by atoms with Gasteiger partial charge in [-0.25, -0.2) is 0 Å². The first-order chi connectivity index (χ1) is 7.90. The lowest BCUT2D eigenvalue weighted by Gasteiger charge is -1.95. The van der Waals surface area contributed by atoms with Crippen molar-refractivity contribution in [3.8, 4) is 11.4 Å². The smallest absolute Gasteiger partial charge is 0.240 e. The first kappa shape index (κ1) is 10.8. The normalized spacial score (nSPS) is 10.6. The molecule has 0 saturated carbocycles. The second kappa shape index (κ2) is 5.42. The molecule has 2 aromatic rings. The Hall–Kier alpha value is -1.68. The van der Waals surface area contributed by atoms with E-state index in [-0.39, 0.29) is 0 Å². The molecule has 1 aromatic carbocycles. The molecule has 0 atom stereocenters. The highest BCUT2D eigenvalue weighted by Crippen LogP contribution is 2.14. The summed E-state index contributed by atoms with van der Waals surface area (Å²) in [6, 6.07) is 9.82. The van der Waals surface area contributed by atoms with E-state index in [1.165, 1.54) is 0 Å². The average molecular weight is 217 g/mol. The van der Waals surface area contributed by atoms with Crippen LogP contribution < -0.4 is 5.32 Å². The molecule has 0 fully saturated rings. The van der Waals surface area contributed by atoms with E-state index < -0.39 is 0 Å². The van der Waals surface area contributed by atoms with E-state index in [0.717, 1.165) is 18.5 Å². The molecule has 0 aliphatic rings. The summed E-state index contributed by atoms with van der Waals surface area (Å²) in [5, 5.41) is 7.16. The van der Waals surface area contributed by atoms with Crippen molar-refractivity contribution in [3.05, 3.63) is 36.2 Å². The number of nitrogens with one attached hydrogen (secondary N) is 1. The van der Waals surface area contributed by atoms with Crippen LogP contribution in [0, 0.1) is 0 Å². The molecule has 0 radical (unpaired) electrons. The fourth-order valence-electron chi connectivity index (χ4n) is 1.40. The Kier molecular flexibility index (Phi) is 3.66. The Morgan fingerprint density at radius 3 is 2.81 bits per heavy atom. The van der Waals surface area contributed by atoms with Crippen molar-refractivity contribution < 1.29 is 4.52 Å². The van der Waals surface area contributed by atoms with Crippen molar-refractivity contribution >= 4 is 0 Å². The maximum absolute atomic E-state index is 5.14. The molecule has 0 spiro atoms. The van der Waals surface area contributed by atoms with Crippen molar-refractivity contribution in [1.29, 1.82) is 0 Å². The Balaban J connectivity index is 2.02. The SMILES string of the molecule is CCCNCc1nc(-c2ccccc2)no1. The molecule has 4 heteroatoms. The fourth-order valence-corrected chi connectivity index (χ4v) is 1.40. The van der Waals surface area contributed by atoms with Gasteiger partial charge < -0.3 is 9.84 Å². The molecule has 16 heavy (non-hydrogen) atoms. The van der Waals surface area contributed by atoms with Crippen LogP contribution in [0.1, 0.15) is 19.2 Å². The average Bonchev–Trinajstić information content (AvgIpc) is 2.79. The summed E-state index contributed by atoms with van der Waals surface area (Å²) < 4.78 is 5.14. The van der Waals surface area contributed by atoms with Crippen LogP contribution in [0.4, 0.5) is 0 Å². The van der Waals surface area contributed by atoms with Crippen molar-refractivity contribution in [2.75, 3.05) is 6.54 Å². The molecule has 0 unspecified atom stereocenters. The first-order valence-electron chi connectivity index (χ1n) is 5.49. The second-order valence-electron chi connectivity index (χ2n) is 3.55. The van der Waals surface area contributed by atoms with Crippen LogP contribution in [0.2, 0.25) is 0 Å². The minimum absolute atomic E-state index is 0.632. The van der Waals surface area contributed by atoms with Gasteiger partial charge in [-0.2, -0.15) is 4.98 Å². The predicted octanol–water partition coefficient (Wildman–Crippen LogP) is 2.24. The van der Waals surface area contributed by atoms with Crippen molar-refractivity contribution in [2.24, 2.45) is 0 Å². The van der Waals surface area contributed by atoms with Crippen LogP contribution in [0.3, 0.4) is 0 Å². The summed E-state index contributed by atoms with van der Waals surface area (Å²) in [5.41, 5.74) is 0.980. The Bertz CT molecular complexity index is 425. The molecule has 0 aliphatic carbocycles. The van der Waals surface area contributed by atoms with Crippen LogP contribution in [0.25, 0.3) is 11.4 Å². The van der Waals surface area contributed by atoms with Gasteiger partial charge in [0.05, 0.1) is 6.54 Å². The largest absolute Gasteiger partial charge is 0.338 e. The zero-order chi connectivity index (χ0) is 11.2. The summed E-state index contributed by atoms with van der Waals surface area (Å²) in [6.45, 7) is 3.72.